The molecule has 90 valence electrons. The molecule has 1 aromatic rings. The van der Waals surface area contributed by atoms with E-state index in [2.05, 4.69) is 24.1 Å². The molecule has 2 rings (SSSR count). The summed E-state index contributed by atoms with van der Waals surface area (Å²) in [7, 11) is 4.13. The van der Waals surface area contributed by atoms with E-state index in [4.69, 9.17) is 11.6 Å². The summed E-state index contributed by atoms with van der Waals surface area (Å²) < 4.78 is 1.93. The maximum Gasteiger partial charge on any atom is 0.127 e. The molecule has 1 aromatic heterocycles. The zero-order valence-electron chi connectivity index (χ0n) is 10.1. The van der Waals surface area contributed by atoms with Gasteiger partial charge in [0.25, 0.3) is 0 Å². The molecular weight excluding hydrogens is 222 g/mol. The molecule has 0 N–H and O–H groups in total. The third-order valence-electron chi connectivity index (χ3n) is 3.28. The van der Waals surface area contributed by atoms with Crippen molar-refractivity contribution in [3.05, 3.63) is 16.9 Å². The van der Waals surface area contributed by atoms with E-state index in [1.165, 1.54) is 31.4 Å². The highest BCUT2D eigenvalue weighted by Crippen LogP contribution is 2.34. The van der Waals surface area contributed by atoms with Crippen LogP contribution in [0.1, 0.15) is 37.3 Å². The van der Waals surface area contributed by atoms with E-state index in [1.54, 1.807) is 0 Å². The van der Waals surface area contributed by atoms with Crippen LogP contribution in [0.3, 0.4) is 0 Å². The number of nitrogens with zero attached hydrogens (tertiary/aromatic N) is 3. The molecule has 1 saturated carbocycles. The van der Waals surface area contributed by atoms with Crippen molar-refractivity contribution in [2.75, 3.05) is 20.6 Å². The average Bonchev–Trinajstić information content (AvgIpc) is 2.83. The molecule has 4 heteroatoms. The van der Waals surface area contributed by atoms with Crippen LogP contribution in [0.5, 0.6) is 0 Å². The molecule has 0 spiro atoms. The van der Waals surface area contributed by atoms with Crippen LogP contribution in [0.4, 0.5) is 0 Å². The standard InChI is InChI=1S/C12H20ClN3/c1-15(2)7-8-16-12(13)9-11(14-16)10-5-3-4-6-10/h9-10H,3-8H2,1-2H3. The lowest BCUT2D eigenvalue weighted by atomic mass is 10.1. The second kappa shape index (κ2) is 5.19. The SMILES string of the molecule is CN(C)CCn1nc(C2CCCC2)cc1Cl. The fourth-order valence-corrected chi connectivity index (χ4v) is 2.52. The van der Waals surface area contributed by atoms with Crippen molar-refractivity contribution in [2.24, 2.45) is 0 Å². The first-order valence-electron chi connectivity index (χ1n) is 6.05. The van der Waals surface area contributed by atoms with Gasteiger partial charge in [0.2, 0.25) is 0 Å². The Labute approximate surface area is 102 Å². The van der Waals surface area contributed by atoms with E-state index in [0.29, 0.717) is 5.92 Å². The van der Waals surface area contributed by atoms with Crippen LogP contribution in [0.25, 0.3) is 0 Å². The van der Waals surface area contributed by atoms with E-state index >= 15 is 0 Å². The van der Waals surface area contributed by atoms with Gasteiger partial charge in [-0.3, -0.25) is 4.68 Å². The molecular formula is C12H20ClN3. The first-order chi connectivity index (χ1) is 7.66. The first kappa shape index (κ1) is 11.9. The van der Waals surface area contributed by atoms with E-state index in [-0.39, 0.29) is 0 Å². The maximum atomic E-state index is 6.19. The minimum Gasteiger partial charge on any atom is -0.308 e. The van der Waals surface area contributed by atoms with Gasteiger partial charge in [-0.15, -0.1) is 0 Å². The fraction of sp³-hybridized carbons (Fsp3) is 0.750. The molecule has 0 radical (unpaired) electrons. The van der Waals surface area contributed by atoms with Gasteiger partial charge in [0.1, 0.15) is 5.15 Å². The van der Waals surface area contributed by atoms with E-state index in [9.17, 15) is 0 Å². The number of hydrogen-bond donors (Lipinski definition) is 0. The van der Waals surface area contributed by atoms with Crippen molar-refractivity contribution >= 4 is 11.6 Å². The molecule has 1 aliphatic carbocycles. The highest BCUT2D eigenvalue weighted by molar-refractivity contribution is 6.29. The lowest BCUT2D eigenvalue weighted by molar-refractivity contribution is 0.372. The quantitative estimate of drug-likeness (QED) is 0.808. The van der Waals surface area contributed by atoms with Crippen LogP contribution >= 0.6 is 11.6 Å². The molecule has 1 heterocycles. The van der Waals surface area contributed by atoms with Gasteiger partial charge in [0.05, 0.1) is 12.2 Å². The molecule has 3 nitrogen and oxygen atoms in total. The Bertz CT molecular complexity index is 340. The number of hydrogen-bond acceptors (Lipinski definition) is 2. The van der Waals surface area contributed by atoms with E-state index in [0.717, 1.165) is 18.2 Å². The molecule has 0 bridgehead atoms. The third-order valence-corrected chi connectivity index (χ3v) is 3.59. The molecule has 0 aliphatic heterocycles. The minimum atomic E-state index is 0.651. The van der Waals surface area contributed by atoms with Crippen molar-refractivity contribution < 1.29 is 0 Å². The molecule has 16 heavy (non-hydrogen) atoms. The molecule has 1 aliphatic rings. The van der Waals surface area contributed by atoms with E-state index < -0.39 is 0 Å². The van der Waals surface area contributed by atoms with Gasteiger partial charge in [0.15, 0.2) is 0 Å². The maximum absolute atomic E-state index is 6.19. The van der Waals surface area contributed by atoms with Gasteiger partial charge >= 0.3 is 0 Å². The number of aromatic nitrogens is 2. The van der Waals surface area contributed by atoms with Crippen molar-refractivity contribution in [3.8, 4) is 0 Å². The monoisotopic (exact) mass is 241 g/mol. The van der Waals surface area contributed by atoms with Crippen LogP contribution < -0.4 is 0 Å². The summed E-state index contributed by atoms with van der Waals surface area (Å²) in [6.07, 6.45) is 5.24. The number of halogens is 1. The molecule has 1 fully saturated rings. The van der Waals surface area contributed by atoms with Crippen molar-refractivity contribution in [2.45, 2.75) is 38.1 Å². The van der Waals surface area contributed by atoms with Gasteiger partial charge < -0.3 is 4.90 Å². The molecule has 0 aromatic carbocycles. The third kappa shape index (κ3) is 2.77. The summed E-state index contributed by atoms with van der Waals surface area (Å²) in [4.78, 5) is 2.15. The Balaban J connectivity index is 2.02. The van der Waals surface area contributed by atoms with E-state index in [1.807, 2.05) is 10.7 Å². The normalized spacial score (nSPS) is 17.5. The molecule has 0 saturated heterocycles. The number of rotatable bonds is 4. The largest absolute Gasteiger partial charge is 0.308 e. The smallest absolute Gasteiger partial charge is 0.127 e. The van der Waals surface area contributed by atoms with Gasteiger partial charge in [-0.25, -0.2) is 0 Å². The summed E-state index contributed by atoms with van der Waals surface area (Å²) in [5.41, 5.74) is 1.20. The highest BCUT2D eigenvalue weighted by Gasteiger charge is 2.20. The second-order valence-electron chi connectivity index (χ2n) is 4.90. The first-order valence-corrected chi connectivity index (χ1v) is 6.42. The number of likely N-dealkylation sites (N-methyl/N-ethyl adjacent to an activating group) is 1. The Hall–Kier alpha value is -0.540. The predicted octanol–water partition coefficient (Wildman–Crippen LogP) is 2.76. The summed E-state index contributed by atoms with van der Waals surface area (Å²) in [5, 5.41) is 5.40. The van der Waals surface area contributed by atoms with Crippen molar-refractivity contribution in [3.63, 3.8) is 0 Å². The minimum absolute atomic E-state index is 0.651. The molecule has 0 unspecified atom stereocenters. The summed E-state index contributed by atoms with van der Waals surface area (Å²) in [6, 6.07) is 2.05. The topological polar surface area (TPSA) is 21.1 Å². The molecule has 0 amide bonds. The second-order valence-corrected chi connectivity index (χ2v) is 5.29. The lowest BCUT2D eigenvalue weighted by Crippen LogP contribution is -2.19. The average molecular weight is 242 g/mol. The van der Waals surface area contributed by atoms with Crippen molar-refractivity contribution in [1.82, 2.24) is 14.7 Å². The van der Waals surface area contributed by atoms with Gasteiger partial charge in [-0.1, -0.05) is 24.4 Å². The lowest BCUT2D eigenvalue weighted by Gasteiger charge is -2.10. The van der Waals surface area contributed by atoms with Crippen LogP contribution in [-0.2, 0) is 6.54 Å². The Morgan fingerprint density at radius 2 is 2.12 bits per heavy atom. The van der Waals surface area contributed by atoms with Gasteiger partial charge in [0, 0.05) is 12.5 Å². The Kier molecular flexibility index (Phi) is 3.87. The van der Waals surface area contributed by atoms with Gasteiger partial charge in [-0.2, -0.15) is 5.10 Å². The van der Waals surface area contributed by atoms with Crippen LogP contribution in [0.2, 0.25) is 5.15 Å². The zero-order valence-corrected chi connectivity index (χ0v) is 10.9. The summed E-state index contributed by atoms with van der Waals surface area (Å²) >= 11 is 6.19. The molecule has 0 atom stereocenters. The summed E-state index contributed by atoms with van der Waals surface area (Å²) in [5.74, 6) is 0.651. The summed E-state index contributed by atoms with van der Waals surface area (Å²) in [6.45, 7) is 1.85. The van der Waals surface area contributed by atoms with Crippen LogP contribution in [0, 0.1) is 0 Å². The predicted molar refractivity (Wildman–Crippen MR) is 67.0 cm³/mol. The Morgan fingerprint density at radius 3 is 2.75 bits per heavy atom. The zero-order chi connectivity index (χ0) is 11.5. The van der Waals surface area contributed by atoms with Gasteiger partial charge in [-0.05, 0) is 33.0 Å². The Morgan fingerprint density at radius 1 is 1.44 bits per heavy atom. The van der Waals surface area contributed by atoms with Crippen molar-refractivity contribution in [1.29, 1.82) is 0 Å². The van der Waals surface area contributed by atoms with Crippen LogP contribution in [0.15, 0.2) is 6.07 Å². The fourth-order valence-electron chi connectivity index (χ4n) is 2.29. The highest BCUT2D eigenvalue weighted by atomic mass is 35.5. The van der Waals surface area contributed by atoms with Crippen LogP contribution in [-0.4, -0.2) is 35.3 Å².